The van der Waals surface area contributed by atoms with Crippen LogP contribution in [0.4, 0.5) is 0 Å². The average Bonchev–Trinajstić information content (AvgIpc) is 1.69. The molecule has 1 aliphatic heterocycles. The summed E-state index contributed by atoms with van der Waals surface area (Å²) in [7, 11) is 0. The second-order valence-corrected chi connectivity index (χ2v) is 1.22. The van der Waals surface area contributed by atoms with Gasteiger partial charge in [0, 0.05) is 19.3 Å². The first-order chi connectivity index (χ1) is 3.39. The van der Waals surface area contributed by atoms with Crippen LogP contribution in [0.15, 0.2) is 4.99 Å². The van der Waals surface area contributed by atoms with Gasteiger partial charge >= 0.3 is 0 Å². The van der Waals surface area contributed by atoms with E-state index in [1.807, 2.05) is 0 Å². The summed E-state index contributed by atoms with van der Waals surface area (Å²) >= 11 is 0. The predicted molar refractivity (Wildman–Crippen MR) is 26.2 cm³/mol. The van der Waals surface area contributed by atoms with Crippen LogP contribution in [0.3, 0.4) is 0 Å². The SMILES string of the molecule is [2H]N1CC=NCC1. The van der Waals surface area contributed by atoms with Crippen LogP contribution in [0.1, 0.15) is 0 Å². The van der Waals surface area contributed by atoms with Crippen molar-refractivity contribution in [2.24, 2.45) is 4.99 Å². The van der Waals surface area contributed by atoms with Crippen molar-refractivity contribution in [2.45, 2.75) is 0 Å². The van der Waals surface area contributed by atoms with Gasteiger partial charge in [0.15, 0.2) is 0 Å². The molecule has 0 aliphatic carbocycles. The first kappa shape index (κ1) is 2.75. The van der Waals surface area contributed by atoms with Crippen LogP contribution in [0.5, 0.6) is 0 Å². The Bertz CT molecular complexity index is 81.8. The number of rotatable bonds is 0. The molecule has 0 aromatic carbocycles. The zero-order valence-corrected chi connectivity index (χ0v) is 3.59. The Kier molecular flexibility index (Phi) is 0.881. The Hall–Kier alpha value is -0.370. The minimum Gasteiger partial charge on any atom is -0.310 e. The van der Waals surface area contributed by atoms with E-state index in [1.165, 1.54) is 5.31 Å². The van der Waals surface area contributed by atoms with E-state index in [9.17, 15) is 0 Å². The molecular formula is C4H8N2. The maximum Gasteiger partial charge on any atom is 0.123 e. The number of hydrogen-bond donors (Lipinski definition) is 1. The molecule has 0 atom stereocenters. The molecule has 2 heteroatoms. The van der Waals surface area contributed by atoms with Crippen LogP contribution in [0.25, 0.3) is 0 Å². The zero-order chi connectivity index (χ0) is 5.11. The Morgan fingerprint density at radius 3 is 3.33 bits per heavy atom. The largest absolute Gasteiger partial charge is 0.310 e. The van der Waals surface area contributed by atoms with Crippen molar-refractivity contribution in [3.63, 3.8) is 0 Å². The third-order valence-corrected chi connectivity index (χ3v) is 0.727. The average molecular weight is 85.1 g/mol. The van der Waals surface area contributed by atoms with Crippen LogP contribution < -0.4 is 5.31 Å². The summed E-state index contributed by atoms with van der Waals surface area (Å²) in [4.78, 5) is 3.94. The maximum absolute atomic E-state index is 7.01. The molecule has 0 aromatic rings. The molecule has 34 valence electrons. The Morgan fingerprint density at radius 2 is 3.00 bits per heavy atom. The Balaban J connectivity index is 2.32. The minimum atomic E-state index is 0.694. The molecule has 6 heavy (non-hydrogen) atoms. The van der Waals surface area contributed by atoms with E-state index in [4.69, 9.17) is 1.41 Å². The van der Waals surface area contributed by atoms with Gasteiger partial charge in [-0.25, -0.2) is 0 Å². The highest BCUT2D eigenvalue weighted by Gasteiger charge is 1.85. The highest BCUT2D eigenvalue weighted by atomic mass is 14.9. The highest BCUT2D eigenvalue weighted by Crippen LogP contribution is 1.70. The van der Waals surface area contributed by atoms with Gasteiger partial charge in [-0.15, -0.1) is 0 Å². The summed E-state index contributed by atoms with van der Waals surface area (Å²) in [5, 5.41) is 1.49. The fraction of sp³-hybridized carbons (Fsp3) is 0.750. The standard InChI is InChI=1S/C4H8N2/c1-2-6-4-3-5-1/h1,6H,2-4H2/i/hD. The van der Waals surface area contributed by atoms with E-state index in [0.29, 0.717) is 6.54 Å². The van der Waals surface area contributed by atoms with E-state index in [2.05, 4.69) is 4.99 Å². The van der Waals surface area contributed by atoms with Crippen molar-refractivity contribution in [1.29, 1.82) is 0 Å². The quantitative estimate of drug-likeness (QED) is 0.427. The van der Waals surface area contributed by atoms with Crippen LogP contribution in [0.2, 0.25) is 1.41 Å². The molecule has 0 unspecified atom stereocenters. The zero-order valence-electron chi connectivity index (χ0n) is 4.59. The molecular weight excluding hydrogens is 76.1 g/mol. The van der Waals surface area contributed by atoms with Crippen molar-refractivity contribution in [3.8, 4) is 0 Å². The number of nitrogens with one attached hydrogen (secondary N) is 1. The molecule has 0 amide bonds. The third-order valence-electron chi connectivity index (χ3n) is 0.727. The summed E-state index contributed by atoms with van der Waals surface area (Å²) in [6.45, 7) is 2.28. The molecule has 0 bridgehead atoms. The lowest BCUT2D eigenvalue weighted by atomic mass is 10.5. The lowest BCUT2D eigenvalue weighted by Gasteiger charge is -2.01. The van der Waals surface area contributed by atoms with Crippen molar-refractivity contribution >= 4 is 6.21 Å². The highest BCUT2D eigenvalue weighted by molar-refractivity contribution is 5.60. The first-order valence-electron chi connectivity index (χ1n) is 2.56. The van der Waals surface area contributed by atoms with E-state index in [-0.39, 0.29) is 0 Å². The molecule has 1 heterocycles. The second-order valence-electron chi connectivity index (χ2n) is 1.22. The first-order valence-corrected chi connectivity index (χ1v) is 2.12. The summed E-state index contributed by atoms with van der Waals surface area (Å²) in [5.41, 5.74) is 0. The maximum atomic E-state index is 7.01. The van der Waals surface area contributed by atoms with Gasteiger partial charge in [0.25, 0.3) is 0 Å². The van der Waals surface area contributed by atoms with Crippen molar-refractivity contribution in [1.82, 2.24) is 5.31 Å². The second kappa shape index (κ2) is 1.92. The van der Waals surface area contributed by atoms with Crippen LogP contribution in [0, 0.1) is 0 Å². The smallest absolute Gasteiger partial charge is 0.123 e. The number of hydrogen-bond acceptors (Lipinski definition) is 2. The van der Waals surface area contributed by atoms with Crippen molar-refractivity contribution in [2.75, 3.05) is 19.6 Å². The molecule has 0 aromatic heterocycles. The lowest BCUT2D eigenvalue weighted by molar-refractivity contribution is 0.746. The molecule has 0 saturated heterocycles. The summed E-state index contributed by atoms with van der Waals surface area (Å²) in [5.74, 6) is 0. The third kappa shape index (κ3) is 0.792. The van der Waals surface area contributed by atoms with E-state index in [0.717, 1.165) is 13.1 Å². The van der Waals surface area contributed by atoms with E-state index in [1.54, 1.807) is 6.21 Å². The van der Waals surface area contributed by atoms with Crippen molar-refractivity contribution in [3.05, 3.63) is 0 Å². The predicted octanol–water partition coefficient (Wildman–Crippen LogP) is -0.340. The Labute approximate surface area is 38.7 Å². The van der Waals surface area contributed by atoms with Gasteiger partial charge in [-0.05, 0) is 0 Å². The molecule has 1 rings (SSSR count). The molecule has 1 N–H and O–H groups in total. The summed E-state index contributed by atoms with van der Waals surface area (Å²) < 4.78 is 7.01. The minimum absolute atomic E-state index is 0.694. The number of nitrogens with zero attached hydrogens (tertiary/aromatic N) is 1. The van der Waals surface area contributed by atoms with Gasteiger partial charge in [-0.1, -0.05) is 0 Å². The molecule has 0 saturated carbocycles. The summed E-state index contributed by atoms with van der Waals surface area (Å²) in [6.07, 6.45) is 1.77. The van der Waals surface area contributed by atoms with Gasteiger partial charge in [0.05, 0.1) is 6.54 Å². The van der Waals surface area contributed by atoms with Gasteiger partial charge in [-0.2, -0.15) is 0 Å². The molecule has 1 aliphatic rings. The normalized spacial score (nSPS) is 27.0. The van der Waals surface area contributed by atoms with Gasteiger partial charge in [-0.3, -0.25) is 4.99 Å². The Morgan fingerprint density at radius 1 is 2.00 bits per heavy atom. The van der Waals surface area contributed by atoms with E-state index < -0.39 is 0 Å². The van der Waals surface area contributed by atoms with Crippen molar-refractivity contribution < 1.29 is 1.41 Å². The number of aliphatic imine (C=N–C) groups is 1. The van der Waals surface area contributed by atoms with E-state index >= 15 is 0 Å². The van der Waals surface area contributed by atoms with Gasteiger partial charge in [0.2, 0.25) is 0 Å². The fourth-order valence-corrected chi connectivity index (χ4v) is 0.426. The van der Waals surface area contributed by atoms with Crippen LogP contribution >= 0.6 is 0 Å². The molecule has 2 nitrogen and oxygen atoms in total. The summed E-state index contributed by atoms with van der Waals surface area (Å²) in [6, 6.07) is 0. The van der Waals surface area contributed by atoms with Gasteiger partial charge in [0.1, 0.15) is 1.41 Å². The van der Waals surface area contributed by atoms with Gasteiger partial charge < -0.3 is 5.31 Å². The lowest BCUT2D eigenvalue weighted by Crippen LogP contribution is -2.23. The monoisotopic (exact) mass is 85.1 g/mol. The molecule has 0 fully saturated rings. The fourth-order valence-electron chi connectivity index (χ4n) is 0.426. The molecule has 0 radical (unpaired) electrons. The molecule has 0 spiro atoms. The van der Waals surface area contributed by atoms with Crippen LogP contribution in [-0.4, -0.2) is 25.8 Å². The van der Waals surface area contributed by atoms with Crippen LogP contribution in [-0.2, 0) is 0 Å². The topological polar surface area (TPSA) is 24.4 Å².